The Balaban J connectivity index is 1.80. The maximum atomic E-state index is 11.7. The SMILES string of the molecule is NCCc1ccc(CNC(=O)[C@@H]2CCCO2)cc1. The quantitative estimate of drug-likeness (QED) is 0.816. The van der Waals surface area contributed by atoms with Gasteiger partial charge >= 0.3 is 0 Å². The van der Waals surface area contributed by atoms with E-state index in [1.54, 1.807) is 0 Å². The molecule has 0 unspecified atom stereocenters. The number of hydrogen-bond donors (Lipinski definition) is 2. The number of nitrogens with two attached hydrogens (primary N) is 1. The molecule has 0 aliphatic carbocycles. The third kappa shape index (κ3) is 3.55. The molecular weight excluding hydrogens is 228 g/mol. The van der Waals surface area contributed by atoms with Gasteiger partial charge in [-0.05, 0) is 36.9 Å². The van der Waals surface area contributed by atoms with E-state index in [9.17, 15) is 4.79 Å². The van der Waals surface area contributed by atoms with Crippen molar-refractivity contribution in [2.45, 2.75) is 31.9 Å². The highest BCUT2D eigenvalue weighted by Gasteiger charge is 2.22. The predicted octanol–water partition coefficient (Wildman–Crippen LogP) is 0.983. The van der Waals surface area contributed by atoms with Crippen LogP contribution in [-0.4, -0.2) is 25.2 Å². The largest absolute Gasteiger partial charge is 0.368 e. The lowest BCUT2D eigenvalue weighted by Gasteiger charge is -2.10. The van der Waals surface area contributed by atoms with Crippen molar-refractivity contribution in [2.24, 2.45) is 5.73 Å². The standard InChI is InChI=1S/C14H20N2O2/c15-8-7-11-3-5-12(6-4-11)10-16-14(17)13-2-1-9-18-13/h3-6,13H,1-2,7-10,15H2,(H,16,17)/t13-/m0/s1. The molecule has 0 saturated carbocycles. The molecule has 0 aromatic heterocycles. The maximum Gasteiger partial charge on any atom is 0.249 e. The van der Waals surface area contributed by atoms with E-state index in [0.717, 1.165) is 24.8 Å². The van der Waals surface area contributed by atoms with Crippen LogP contribution in [0.15, 0.2) is 24.3 Å². The molecule has 1 aromatic carbocycles. The molecule has 0 spiro atoms. The fraction of sp³-hybridized carbons (Fsp3) is 0.500. The summed E-state index contributed by atoms with van der Waals surface area (Å²) in [5.74, 6) is -0.00136. The summed E-state index contributed by atoms with van der Waals surface area (Å²) >= 11 is 0. The van der Waals surface area contributed by atoms with Crippen LogP contribution in [-0.2, 0) is 22.5 Å². The van der Waals surface area contributed by atoms with Crippen molar-refractivity contribution < 1.29 is 9.53 Å². The first-order valence-electron chi connectivity index (χ1n) is 6.47. The summed E-state index contributed by atoms with van der Waals surface area (Å²) in [6.07, 6.45) is 2.46. The smallest absolute Gasteiger partial charge is 0.249 e. The van der Waals surface area contributed by atoms with Crippen LogP contribution in [0, 0.1) is 0 Å². The van der Waals surface area contributed by atoms with Crippen molar-refractivity contribution >= 4 is 5.91 Å². The van der Waals surface area contributed by atoms with E-state index in [-0.39, 0.29) is 12.0 Å². The van der Waals surface area contributed by atoms with Gasteiger partial charge in [0.1, 0.15) is 6.10 Å². The highest BCUT2D eigenvalue weighted by Crippen LogP contribution is 2.12. The summed E-state index contributed by atoms with van der Waals surface area (Å²) in [4.78, 5) is 11.7. The van der Waals surface area contributed by atoms with Gasteiger partial charge in [-0.1, -0.05) is 24.3 Å². The number of ether oxygens (including phenoxy) is 1. The van der Waals surface area contributed by atoms with E-state index in [1.165, 1.54) is 5.56 Å². The van der Waals surface area contributed by atoms with Crippen molar-refractivity contribution in [1.29, 1.82) is 0 Å². The summed E-state index contributed by atoms with van der Waals surface area (Å²) in [7, 11) is 0. The minimum atomic E-state index is -0.249. The second kappa shape index (κ2) is 6.52. The molecule has 4 heteroatoms. The summed E-state index contributed by atoms with van der Waals surface area (Å²) < 4.78 is 5.33. The first-order valence-corrected chi connectivity index (χ1v) is 6.47. The molecule has 1 aliphatic heterocycles. The first-order chi connectivity index (χ1) is 8.79. The highest BCUT2D eigenvalue weighted by atomic mass is 16.5. The molecule has 1 atom stereocenters. The molecule has 1 aromatic rings. The summed E-state index contributed by atoms with van der Waals surface area (Å²) in [5.41, 5.74) is 7.82. The second-order valence-electron chi connectivity index (χ2n) is 4.57. The van der Waals surface area contributed by atoms with Crippen LogP contribution in [0.4, 0.5) is 0 Å². The van der Waals surface area contributed by atoms with Gasteiger partial charge < -0.3 is 15.8 Å². The van der Waals surface area contributed by atoms with E-state index in [0.29, 0.717) is 19.7 Å². The Morgan fingerprint density at radius 3 is 2.67 bits per heavy atom. The van der Waals surface area contributed by atoms with Gasteiger partial charge in [0.15, 0.2) is 0 Å². The molecule has 0 bridgehead atoms. The summed E-state index contributed by atoms with van der Waals surface area (Å²) in [6, 6.07) is 8.17. The first kappa shape index (κ1) is 13.1. The zero-order valence-corrected chi connectivity index (χ0v) is 10.5. The van der Waals surface area contributed by atoms with E-state index >= 15 is 0 Å². The second-order valence-corrected chi connectivity index (χ2v) is 4.57. The minimum absolute atomic E-state index is 0.00136. The number of nitrogens with one attached hydrogen (secondary N) is 1. The highest BCUT2D eigenvalue weighted by molar-refractivity contribution is 5.80. The van der Waals surface area contributed by atoms with Crippen molar-refractivity contribution in [3.8, 4) is 0 Å². The lowest BCUT2D eigenvalue weighted by atomic mass is 10.1. The number of hydrogen-bond acceptors (Lipinski definition) is 3. The van der Waals surface area contributed by atoms with Crippen molar-refractivity contribution in [1.82, 2.24) is 5.32 Å². The lowest BCUT2D eigenvalue weighted by molar-refractivity contribution is -0.130. The molecule has 2 rings (SSSR count). The molecule has 1 aliphatic rings. The predicted molar refractivity (Wildman–Crippen MR) is 70.0 cm³/mol. The van der Waals surface area contributed by atoms with Gasteiger partial charge in [-0.3, -0.25) is 4.79 Å². The molecule has 0 radical (unpaired) electrons. The third-order valence-corrected chi connectivity index (χ3v) is 3.14. The number of benzene rings is 1. The Hall–Kier alpha value is -1.39. The van der Waals surface area contributed by atoms with Gasteiger partial charge in [0.25, 0.3) is 0 Å². The van der Waals surface area contributed by atoms with Gasteiger partial charge in [0.05, 0.1) is 0 Å². The molecule has 1 saturated heterocycles. The molecule has 1 heterocycles. The zero-order chi connectivity index (χ0) is 12.8. The van der Waals surface area contributed by atoms with Crippen LogP contribution in [0.3, 0.4) is 0 Å². The average molecular weight is 248 g/mol. The Labute approximate surface area is 108 Å². The van der Waals surface area contributed by atoms with Gasteiger partial charge in [0, 0.05) is 13.2 Å². The van der Waals surface area contributed by atoms with Gasteiger partial charge in [-0.2, -0.15) is 0 Å². The minimum Gasteiger partial charge on any atom is -0.368 e. The normalized spacial score (nSPS) is 18.8. The maximum absolute atomic E-state index is 11.7. The van der Waals surface area contributed by atoms with Gasteiger partial charge in [0.2, 0.25) is 5.91 Å². The van der Waals surface area contributed by atoms with Crippen molar-refractivity contribution in [3.63, 3.8) is 0 Å². The van der Waals surface area contributed by atoms with Crippen LogP contribution in [0.25, 0.3) is 0 Å². The molecule has 1 fully saturated rings. The Bertz CT molecular complexity index is 383. The number of amides is 1. The summed E-state index contributed by atoms with van der Waals surface area (Å²) in [5, 5.41) is 2.90. The Kier molecular flexibility index (Phi) is 4.73. The zero-order valence-electron chi connectivity index (χ0n) is 10.5. The van der Waals surface area contributed by atoms with E-state index in [4.69, 9.17) is 10.5 Å². The van der Waals surface area contributed by atoms with Crippen LogP contribution >= 0.6 is 0 Å². The fourth-order valence-electron chi connectivity index (χ4n) is 2.08. The monoisotopic (exact) mass is 248 g/mol. The molecule has 18 heavy (non-hydrogen) atoms. The third-order valence-electron chi connectivity index (χ3n) is 3.14. The van der Waals surface area contributed by atoms with Gasteiger partial charge in [-0.25, -0.2) is 0 Å². The van der Waals surface area contributed by atoms with E-state index in [2.05, 4.69) is 17.4 Å². The topological polar surface area (TPSA) is 64.3 Å². The lowest BCUT2D eigenvalue weighted by Crippen LogP contribution is -2.33. The Morgan fingerprint density at radius 2 is 2.06 bits per heavy atom. The van der Waals surface area contributed by atoms with Gasteiger partial charge in [-0.15, -0.1) is 0 Å². The molecule has 4 nitrogen and oxygen atoms in total. The molecule has 1 amide bonds. The number of carbonyl (C=O) groups excluding carboxylic acids is 1. The molecular formula is C14H20N2O2. The molecule has 98 valence electrons. The van der Waals surface area contributed by atoms with Crippen molar-refractivity contribution in [3.05, 3.63) is 35.4 Å². The van der Waals surface area contributed by atoms with E-state index in [1.807, 2.05) is 12.1 Å². The van der Waals surface area contributed by atoms with Crippen LogP contribution in [0.2, 0.25) is 0 Å². The van der Waals surface area contributed by atoms with Crippen LogP contribution in [0.1, 0.15) is 24.0 Å². The molecule has 3 N–H and O–H groups in total. The number of rotatable bonds is 5. The van der Waals surface area contributed by atoms with Crippen LogP contribution < -0.4 is 11.1 Å². The number of carbonyl (C=O) groups is 1. The fourth-order valence-corrected chi connectivity index (χ4v) is 2.08. The van der Waals surface area contributed by atoms with E-state index < -0.39 is 0 Å². The Morgan fingerprint density at radius 1 is 1.33 bits per heavy atom. The average Bonchev–Trinajstić information content (AvgIpc) is 2.92. The van der Waals surface area contributed by atoms with Crippen molar-refractivity contribution in [2.75, 3.05) is 13.2 Å². The van der Waals surface area contributed by atoms with Crippen LogP contribution in [0.5, 0.6) is 0 Å². The summed E-state index contributed by atoms with van der Waals surface area (Å²) in [6.45, 7) is 1.92.